The van der Waals surface area contributed by atoms with Gasteiger partial charge in [0.15, 0.2) is 9.95 Å². The van der Waals surface area contributed by atoms with Crippen LogP contribution in [0.5, 0.6) is 0 Å². The maximum atomic E-state index is 13.7. The minimum Gasteiger partial charge on any atom is -0.748 e. The molecule has 0 atom stereocenters. The molecule has 3 N–H and O–H groups in total. The van der Waals surface area contributed by atoms with Crippen molar-refractivity contribution in [3.63, 3.8) is 0 Å². The Morgan fingerprint density at radius 2 is 1.51 bits per heavy atom. The number of carboxylic acids is 3. The van der Waals surface area contributed by atoms with Gasteiger partial charge in [-0.2, -0.15) is 0 Å². The first-order chi connectivity index (χ1) is 24.4. The van der Waals surface area contributed by atoms with E-state index in [0.717, 1.165) is 26.6 Å². The van der Waals surface area contributed by atoms with Crippen LogP contribution < -0.4 is 77.5 Å². The summed E-state index contributed by atoms with van der Waals surface area (Å²) in [6.07, 6.45) is 3.24. The maximum absolute atomic E-state index is 13.7. The van der Waals surface area contributed by atoms with Crippen LogP contribution in [-0.4, -0.2) is 89.3 Å². The van der Waals surface area contributed by atoms with Crippen LogP contribution in [0.3, 0.4) is 0 Å². The number of carbonyl (C=O) groups is 4. The van der Waals surface area contributed by atoms with Crippen LogP contribution in [0.4, 0.5) is 5.69 Å². The second-order valence-electron chi connectivity index (χ2n) is 11.4. The number of aliphatic carboxylic acids is 3. The molecule has 0 spiro atoms. The van der Waals surface area contributed by atoms with Crippen molar-refractivity contribution in [2.24, 2.45) is 0 Å². The molecule has 1 aromatic carbocycles. The number of nitrogens with zero attached hydrogens (tertiary/aromatic N) is 4. The minimum atomic E-state index is -4.40. The minimum absolute atomic E-state index is 0. The van der Waals surface area contributed by atoms with Crippen LogP contribution in [0.1, 0.15) is 24.0 Å². The zero-order chi connectivity index (χ0) is 38.2. The summed E-state index contributed by atoms with van der Waals surface area (Å²) >= 11 is 7.66. The molecule has 5 rings (SSSR count). The molecule has 17 nitrogen and oxygen atoms in total. The van der Waals surface area contributed by atoms with Gasteiger partial charge in [0.25, 0.3) is 17.0 Å². The maximum Gasteiger partial charge on any atom is 1.00 e. The van der Waals surface area contributed by atoms with Crippen molar-refractivity contribution >= 4 is 102 Å². The summed E-state index contributed by atoms with van der Waals surface area (Å²) in [5, 5.41) is 29.0. The number of oxazole rings is 1. The number of amides is 1. The van der Waals surface area contributed by atoms with Gasteiger partial charge >= 0.3 is 69.3 Å². The average molecular weight is 851 g/mol. The molecule has 1 fully saturated rings. The Morgan fingerprint density at radius 1 is 0.887 bits per heavy atom. The molecule has 1 amide bonds. The third kappa shape index (κ3) is 9.70. The SMILES string of the molecule is Cc1cc2c(cc1C)N(CCCCS(=O)(=O)[O-])/C(=C\C=c1/o/c(=c3/s/c(=C4/SC(=S)N(CC(=O)O)C4=O)n(CC(=O)O)c3=O)n(CC(=O)O)c1=O)S2.[K+]. The Bertz CT molecular complexity index is 2560. The quantitative estimate of drug-likeness (QED) is 0.0729. The van der Waals surface area contributed by atoms with Crippen molar-refractivity contribution in [2.45, 2.75) is 44.7 Å². The third-order valence-corrected chi connectivity index (χ3v) is 12.3. The van der Waals surface area contributed by atoms with Gasteiger partial charge in [0.05, 0.1) is 20.8 Å². The summed E-state index contributed by atoms with van der Waals surface area (Å²) in [6.45, 7) is 1.48. The number of thiocarbonyl (C=S) groups is 1. The Morgan fingerprint density at radius 3 is 2.13 bits per heavy atom. The van der Waals surface area contributed by atoms with Gasteiger partial charge in [0, 0.05) is 17.2 Å². The number of carboxylic acid groups (broad SMARTS) is 3. The van der Waals surface area contributed by atoms with Crippen molar-refractivity contribution < 1.29 is 103 Å². The van der Waals surface area contributed by atoms with Crippen LogP contribution in [0, 0.1) is 23.9 Å². The molecule has 2 aliphatic heterocycles. The second kappa shape index (κ2) is 17.3. The fourth-order valence-corrected chi connectivity index (χ4v) is 9.45. The van der Waals surface area contributed by atoms with E-state index in [1.165, 1.54) is 23.9 Å². The van der Waals surface area contributed by atoms with E-state index in [-0.39, 0.29) is 71.7 Å². The summed E-state index contributed by atoms with van der Waals surface area (Å²) in [5.41, 5.74) is -0.0790. The Balaban J connectivity index is 0.00000627. The van der Waals surface area contributed by atoms with Gasteiger partial charge in [-0.25, -0.2) is 8.42 Å². The van der Waals surface area contributed by atoms with Gasteiger partial charge in [-0.05, 0) is 62.1 Å². The number of thioether (sulfide) groups is 2. The number of hydrogen-bond donors (Lipinski definition) is 3. The first-order valence-electron chi connectivity index (χ1n) is 15.0. The van der Waals surface area contributed by atoms with Crippen molar-refractivity contribution in [2.75, 3.05) is 23.7 Å². The number of unbranched alkanes of at least 4 members (excludes halogenated alkanes) is 1. The molecule has 0 saturated carbocycles. The molecule has 2 aliphatic rings. The van der Waals surface area contributed by atoms with Crippen molar-refractivity contribution in [1.82, 2.24) is 14.0 Å². The number of rotatable bonds is 12. The van der Waals surface area contributed by atoms with Crippen LogP contribution in [0.25, 0.3) is 11.0 Å². The van der Waals surface area contributed by atoms with Gasteiger partial charge in [0.2, 0.25) is 5.55 Å². The van der Waals surface area contributed by atoms with Crippen molar-refractivity contribution in [1.29, 1.82) is 0 Å². The first kappa shape index (κ1) is 42.9. The number of carbonyl (C=O) groups excluding carboxylic acids is 1. The number of allylic oxidation sites excluding steroid dienone is 1. The molecular weight excluding hydrogens is 824 g/mol. The van der Waals surface area contributed by atoms with Gasteiger partial charge in [-0.1, -0.05) is 35.7 Å². The monoisotopic (exact) mass is 850 g/mol. The number of benzene rings is 1. The summed E-state index contributed by atoms with van der Waals surface area (Å²) in [5.74, 6) is -5.75. The molecule has 0 unspecified atom stereocenters. The molecule has 2 aromatic heterocycles. The van der Waals surface area contributed by atoms with Crippen molar-refractivity contribution in [3.05, 3.63) is 75.2 Å². The van der Waals surface area contributed by atoms with E-state index in [1.807, 2.05) is 30.9 Å². The summed E-state index contributed by atoms with van der Waals surface area (Å²) in [4.78, 5) is 78.6. The van der Waals surface area contributed by atoms with Crippen LogP contribution >= 0.6 is 47.1 Å². The largest absolute Gasteiger partial charge is 1.00 e. The van der Waals surface area contributed by atoms with Crippen LogP contribution in [0.2, 0.25) is 0 Å². The van der Waals surface area contributed by atoms with E-state index in [4.69, 9.17) is 16.6 Å². The average Bonchev–Trinajstić information content (AvgIpc) is 3.72. The molecule has 276 valence electrons. The van der Waals surface area contributed by atoms with E-state index < -0.39 is 85.9 Å². The molecule has 4 heterocycles. The number of aryl methyl sites for hydroxylation is 2. The zero-order valence-corrected chi connectivity index (χ0v) is 35.2. The topological polar surface area (TPSA) is 250 Å². The molecule has 0 bridgehead atoms. The molecule has 1 saturated heterocycles. The predicted octanol–water partition coefficient (Wildman–Crippen LogP) is -2.65. The molecule has 3 aromatic rings. The van der Waals surface area contributed by atoms with E-state index in [9.17, 15) is 57.1 Å². The number of hydrogen-bond acceptors (Lipinski definition) is 15. The van der Waals surface area contributed by atoms with Gasteiger partial charge in [0.1, 0.15) is 33.5 Å². The molecule has 23 heteroatoms. The van der Waals surface area contributed by atoms with Gasteiger partial charge in [-0.3, -0.25) is 42.8 Å². The molecule has 0 radical (unpaired) electrons. The smallest absolute Gasteiger partial charge is 0.748 e. The van der Waals surface area contributed by atoms with Crippen LogP contribution in [0.15, 0.2) is 42.1 Å². The number of aromatic nitrogens is 2. The number of fused-ring (bicyclic) bond motifs is 1. The summed E-state index contributed by atoms with van der Waals surface area (Å²) < 4.78 is 39.8. The van der Waals surface area contributed by atoms with E-state index in [2.05, 4.69) is 0 Å². The second-order valence-corrected chi connectivity index (χ2v) is 16.6. The Labute approximate surface area is 359 Å². The molecule has 53 heavy (non-hydrogen) atoms. The normalized spacial score (nSPS) is 17.1. The zero-order valence-electron chi connectivity index (χ0n) is 28.0. The van der Waals surface area contributed by atoms with E-state index >= 15 is 0 Å². The van der Waals surface area contributed by atoms with E-state index in [1.54, 1.807) is 0 Å². The van der Waals surface area contributed by atoms with Gasteiger partial charge in [-0.15, -0.1) is 11.3 Å². The number of anilines is 1. The summed E-state index contributed by atoms with van der Waals surface area (Å²) in [6, 6.07) is 3.91. The van der Waals surface area contributed by atoms with Crippen LogP contribution in [-0.2, 0) is 42.4 Å². The molecular formula is C30H27KN4O13S5. The van der Waals surface area contributed by atoms with Gasteiger partial charge < -0.3 is 29.2 Å². The predicted molar refractivity (Wildman–Crippen MR) is 192 cm³/mol. The van der Waals surface area contributed by atoms with E-state index in [0.29, 0.717) is 50.2 Å². The fraction of sp³-hybridized carbons (Fsp3) is 0.300. The Kier molecular flexibility index (Phi) is 14.0. The molecule has 0 aliphatic carbocycles. The fourth-order valence-electron chi connectivity index (χ4n) is 5.18. The third-order valence-electron chi connectivity index (χ3n) is 7.66. The Hall–Kier alpha value is -2.84. The number of thiazole rings is 1. The van der Waals surface area contributed by atoms with Crippen molar-refractivity contribution in [3.8, 4) is 0 Å². The standard InChI is InChI=1S/C30H28N4O13S5.K/c1-14-9-16-18(10-15(14)2)49-19(31(16)7-3-4-8-52(44,45)46)6-5-17-25(41)32(11-20(35)36)28(47-17)23-26(42)33(12-21(37)38)29(50-23)24-27(43)34(13-22(39)40)30(48)51-24;/h5-6,9-10H,3-4,7-8,11-13H2,1-2H3,(H,35,36)(H,37,38)(H,39,40)(H,44,45,46);/q;+1/p-1/b17-5-,19-6+,28-23+,29-24+;. The first-order valence-corrected chi connectivity index (χ1v) is 19.4. The summed E-state index contributed by atoms with van der Waals surface area (Å²) in [7, 11) is -4.40.